The van der Waals surface area contributed by atoms with Gasteiger partial charge in [-0.05, 0) is 37.8 Å². The molecular weight excluding hydrogens is 314 g/mol. The molecule has 2 fully saturated rings. The molecule has 1 aliphatic heterocycles. The van der Waals surface area contributed by atoms with E-state index in [4.69, 9.17) is 16.1 Å². The number of carbonyl (C=O) groups is 1. The molecule has 4 rings (SSSR count). The van der Waals surface area contributed by atoms with Crippen molar-refractivity contribution >= 4 is 17.5 Å². The molecule has 0 unspecified atom stereocenters. The molecule has 1 aromatic heterocycles. The first-order valence-electron chi connectivity index (χ1n) is 8.09. The largest absolute Gasteiger partial charge is 0.342 e. The molecule has 1 saturated heterocycles. The maximum atomic E-state index is 12.2. The Morgan fingerprint density at radius 2 is 2.17 bits per heavy atom. The fourth-order valence-electron chi connectivity index (χ4n) is 3.11. The Kier molecular flexibility index (Phi) is 3.81. The van der Waals surface area contributed by atoms with Gasteiger partial charge in [-0.3, -0.25) is 4.79 Å². The van der Waals surface area contributed by atoms with E-state index in [1.807, 2.05) is 29.2 Å². The highest BCUT2D eigenvalue weighted by molar-refractivity contribution is 6.30. The van der Waals surface area contributed by atoms with Crippen LogP contribution in [0.4, 0.5) is 0 Å². The number of piperidine rings is 1. The fraction of sp³-hybridized carbons (Fsp3) is 0.471. The minimum absolute atomic E-state index is 0.131. The van der Waals surface area contributed by atoms with Gasteiger partial charge in [-0.25, -0.2) is 0 Å². The number of halogens is 1. The average molecular weight is 332 g/mol. The van der Waals surface area contributed by atoms with Crippen molar-refractivity contribution in [1.29, 1.82) is 0 Å². The second-order valence-corrected chi connectivity index (χ2v) is 6.80. The van der Waals surface area contributed by atoms with Crippen LogP contribution in [-0.2, 0) is 4.79 Å². The summed E-state index contributed by atoms with van der Waals surface area (Å²) >= 11 is 6.01. The maximum absolute atomic E-state index is 12.2. The Balaban J connectivity index is 1.50. The van der Waals surface area contributed by atoms with Crippen molar-refractivity contribution in [3.8, 4) is 11.4 Å². The summed E-state index contributed by atoms with van der Waals surface area (Å²) in [5.74, 6) is 1.86. The van der Waals surface area contributed by atoms with Crippen molar-refractivity contribution in [2.24, 2.45) is 5.92 Å². The molecule has 0 N–H and O–H groups in total. The minimum Gasteiger partial charge on any atom is -0.342 e. The van der Waals surface area contributed by atoms with E-state index >= 15 is 0 Å². The third kappa shape index (κ3) is 3.11. The van der Waals surface area contributed by atoms with Gasteiger partial charge in [0.1, 0.15) is 0 Å². The minimum atomic E-state index is 0.131. The predicted octanol–water partition coefficient (Wildman–Crippen LogP) is 3.51. The summed E-state index contributed by atoms with van der Waals surface area (Å²) in [7, 11) is 0. The number of hydrogen-bond donors (Lipinski definition) is 0. The molecule has 0 bridgehead atoms. The van der Waals surface area contributed by atoms with Gasteiger partial charge in [-0.2, -0.15) is 4.98 Å². The first kappa shape index (κ1) is 14.7. The normalized spacial score (nSPS) is 21.4. The first-order chi connectivity index (χ1) is 11.2. The summed E-state index contributed by atoms with van der Waals surface area (Å²) in [6, 6.07) is 7.41. The third-order valence-corrected chi connectivity index (χ3v) is 4.77. The van der Waals surface area contributed by atoms with E-state index in [2.05, 4.69) is 10.1 Å². The lowest BCUT2D eigenvalue weighted by Crippen LogP contribution is -2.40. The first-order valence-corrected chi connectivity index (χ1v) is 8.47. The van der Waals surface area contributed by atoms with E-state index in [1.165, 1.54) is 0 Å². The Bertz CT molecular complexity index is 726. The topological polar surface area (TPSA) is 59.2 Å². The van der Waals surface area contributed by atoms with Gasteiger partial charge in [-0.15, -0.1) is 0 Å². The van der Waals surface area contributed by atoms with Crippen molar-refractivity contribution in [3.63, 3.8) is 0 Å². The highest BCUT2D eigenvalue weighted by Crippen LogP contribution is 2.34. The lowest BCUT2D eigenvalue weighted by Gasteiger charge is -2.31. The molecule has 1 aliphatic carbocycles. The van der Waals surface area contributed by atoms with Gasteiger partial charge in [-0.1, -0.05) is 28.9 Å². The molecule has 1 saturated carbocycles. The van der Waals surface area contributed by atoms with E-state index in [1.54, 1.807) is 0 Å². The molecule has 1 amide bonds. The van der Waals surface area contributed by atoms with Crippen LogP contribution in [0.25, 0.3) is 11.4 Å². The van der Waals surface area contributed by atoms with E-state index in [-0.39, 0.29) is 11.8 Å². The number of aromatic nitrogens is 2. The SMILES string of the molecule is O=C(C1CC1)N1CCC[C@@H](c2nc(-c3cccc(Cl)c3)no2)C1. The molecule has 23 heavy (non-hydrogen) atoms. The number of nitrogens with zero attached hydrogens (tertiary/aromatic N) is 3. The van der Waals surface area contributed by atoms with E-state index in [0.717, 1.165) is 37.8 Å². The van der Waals surface area contributed by atoms with Gasteiger partial charge in [0, 0.05) is 29.6 Å². The fourth-order valence-corrected chi connectivity index (χ4v) is 3.30. The number of hydrogen-bond acceptors (Lipinski definition) is 4. The molecule has 1 atom stereocenters. The molecule has 2 aliphatic rings. The lowest BCUT2D eigenvalue weighted by molar-refractivity contribution is -0.133. The summed E-state index contributed by atoms with van der Waals surface area (Å²) in [6.45, 7) is 1.54. The summed E-state index contributed by atoms with van der Waals surface area (Å²) < 4.78 is 5.46. The number of carbonyl (C=O) groups excluding carboxylic acids is 1. The summed E-state index contributed by atoms with van der Waals surface area (Å²) in [6.07, 6.45) is 4.04. The number of likely N-dealkylation sites (tertiary alicyclic amines) is 1. The van der Waals surface area contributed by atoms with Crippen molar-refractivity contribution < 1.29 is 9.32 Å². The van der Waals surface area contributed by atoms with Crippen LogP contribution in [-0.4, -0.2) is 34.0 Å². The van der Waals surface area contributed by atoms with Crippen LogP contribution < -0.4 is 0 Å². The highest BCUT2D eigenvalue weighted by atomic mass is 35.5. The van der Waals surface area contributed by atoms with Crippen LogP contribution >= 0.6 is 11.6 Å². The van der Waals surface area contributed by atoms with Crippen molar-refractivity contribution in [2.45, 2.75) is 31.6 Å². The maximum Gasteiger partial charge on any atom is 0.231 e. The monoisotopic (exact) mass is 331 g/mol. The quantitative estimate of drug-likeness (QED) is 0.863. The van der Waals surface area contributed by atoms with Crippen LogP contribution in [0.1, 0.15) is 37.5 Å². The van der Waals surface area contributed by atoms with Crippen LogP contribution in [0.15, 0.2) is 28.8 Å². The van der Waals surface area contributed by atoms with Crippen molar-refractivity contribution in [1.82, 2.24) is 15.0 Å². The average Bonchev–Trinajstić information content (AvgIpc) is 3.31. The molecule has 0 radical (unpaired) electrons. The Morgan fingerprint density at radius 1 is 1.30 bits per heavy atom. The van der Waals surface area contributed by atoms with Gasteiger partial charge in [0.25, 0.3) is 0 Å². The molecule has 5 nitrogen and oxygen atoms in total. The van der Waals surface area contributed by atoms with Crippen molar-refractivity contribution in [3.05, 3.63) is 35.2 Å². The van der Waals surface area contributed by atoms with Gasteiger partial charge in [0.15, 0.2) is 0 Å². The van der Waals surface area contributed by atoms with Crippen LogP contribution in [0.5, 0.6) is 0 Å². The summed E-state index contributed by atoms with van der Waals surface area (Å²) in [5.41, 5.74) is 0.842. The van der Waals surface area contributed by atoms with Gasteiger partial charge in [0.05, 0.1) is 5.92 Å². The molecule has 120 valence electrons. The molecule has 1 aromatic carbocycles. The lowest BCUT2D eigenvalue weighted by atomic mass is 9.97. The second kappa shape index (κ2) is 5.96. The molecule has 2 heterocycles. The predicted molar refractivity (Wildman–Crippen MR) is 86.0 cm³/mol. The van der Waals surface area contributed by atoms with E-state index in [9.17, 15) is 4.79 Å². The summed E-state index contributed by atoms with van der Waals surface area (Å²) in [5, 5.41) is 4.72. The second-order valence-electron chi connectivity index (χ2n) is 6.36. The van der Waals surface area contributed by atoms with Gasteiger partial charge < -0.3 is 9.42 Å². The molecule has 0 spiro atoms. The highest BCUT2D eigenvalue weighted by Gasteiger charge is 2.36. The zero-order valence-corrected chi connectivity index (χ0v) is 13.5. The Hall–Kier alpha value is -1.88. The number of amides is 1. The Labute approximate surface area is 139 Å². The number of benzene rings is 1. The van der Waals surface area contributed by atoms with Gasteiger partial charge >= 0.3 is 0 Å². The zero-order valence-electron chi connectivity index (χ0n) is 12.7. The van der Waals surface area contributed by atoms with Crippen molar-refractivity contribution in [2.75, 3.05) is 13.1 Å². The van der Waals surface area contributed by atoms with E-state index in [0.29, 0.717) is 29.2 Å². The van der Waals surface area contributed by atoms with Crippen LogP contribution in [0, 0.1) is 5.92 Å². The third-order valence-electron chi connectivity index (χ3n) is 4.53. The Morgan fingerprint density at radius 3 is 2.96 bits per heavy atom. The van der Waals surface area contributed by atoms with Gasteiger partial charge in [0.2, 0.25) is 17.6 Å². The summed E-state index contributed by atoms with van der Waals surface area (Å²) in [4.78, 5) is 18.7. The molecular formula is C17H18ClN3O2. The standard InChI is InChI=1S/C17H18ClN3O2/c18-14-5-1-3-12(9-14)15-19-16(23-20-15)13-4-2-8-21(10-13)17(22)11-6-7-11/h1,3,5,9,11,13H,2,4,6-8,10H2/t13-/m1/s1. The smallest absolute Gasteiger partial charge is 0.231 e. The van der Waals surface area contributed by atoms with Crippen LogP contribution in [0.2, 0.25) is 5.02 Å². The molecule has 6 heteroatoms. The van der Waals surface area contributed by atoms with E-state index < -0.39 is 0 Å². The van der Waals surface area contributed by atoms with Crippen LogP contribution in [0.3, 0.4) is 0 Å². The number of rotatable bonds is 3. The zero-order chi connectivity index (χ0) is 15.8. The molecule has 2 aromatic rings.